The summed E-state index contributed by atoms with van der Waals surface area (Å²) in [6.07, 6.45) is 9.84. The summed E-state index contributed by atoms with van der Waals surface area (Å²) < 4.78 is 0. The summed E-state index contributed by atoms with van der Waals surface area (Å²) in [7, 11) is 0. The Hall–Kier alpha value is -6.96. The Morgan fingerprint density at radius 3 is 1.80 bits per heavy atom. The number of benzene rings is 9. The standard InChI is InChI=1S/C59H45N/c1-37-21-26-45(27-22-37)60(44-16-5-4-6-17-44)46-28-30-49-48-29-25-43(35-55(48)59(2,3)56(49)36-46)58-51-20-12-11-19-50(51)57(53-32-38-13-7-8-14-39(38)33-54(53)58)42-24-23-41-31-40-15-9-10-18-47(40)52(41)34-42/h4-5,7-16,18-30,32-36H,6,17,31H2,1-3H3. The lowest BCUT2D eigenvalue weighted by Gasteiger charge is -2.30. The molecule has 9 aromatic carbocycles. The number of anilines is 2. The van der Waals surface area contributed by atoms with Gasteiger partial charge in [-0.1, -0.05) is 147 Å². The van der Waals surface area contributed by atoms with Crippen LogP contribution in [0, 0.1) is 6.92 Å². The molecule has 0 saturated carbocycles. The SMILES string of the molecule is Cc1ccc(N(C2=CC=CCC2)c2ccc3c(c2)C(C)(C)c2cc(-c4c5ccccc5c(-c5ccc6c(c5)-c5ccccc5C6)c5cc6ccccc6cc45)ccc2-3)cc1. The average Bonchev–Trinajstić information content (AvgIpc) is 3.76. The molecule has 0 radical (unpaired) electrons. The van der Waals surface area contributed by atoms with Gasteiger partial charge in [0.05, 0.1) is 0 Å². The molecule has 1 nitrogen and oxygen atoms in total. The predicted molar refractivity (Wildman–Crippen MR) is 255 cm³/mol. The number of aryl methyl sites for hydroxylation is 1. The van der Waals surface area contributed by atoms with Gasteiger partial charge in [0, 0.05) is 22.5 Å². The number of allylic oxidation sites excluding steroid dienone is 4. The Kier molecular flexibility index (Phi) is 7.75. The smallest absolute Gasteiger partial charge is 0.0461 e. The summed E-state index contributed by atoms with van der Waals surface area (Å²) in [6, 6.07) is 62.4. The highest BCUT2D eigenvalue weighted by Gasteiger charge is 2.37. The molecule has 3 aliphatic carbocycles. The van der Waals surface area contributed by atoms with Gasteiger partial charge in [-0.2, -0.15) is 0 Å². The van der Waals surface area contributed by atoms with Crippen LogP contribution in [0.25, 0.3) is 76.8 Å². The van der Waals surface area contributed by atoms with Gasteiger partial charge in [-0.05, 0) is 180 Å². The number of rotatable bonds is 5. The Morgan fingerprint density at radius 1 is 0.483 bits per heavy atom. The molecule has 0 spiro atoms. The summed E-state index contributed by atoms with van der Waals surface area (Å²) in [5.41, 5.74) is 21.0. The first kappa shape index (κ1) is 35.0. The highest BCUT2D eigenvalue weighted by Crippen LogP contribution is 2.53. The van der Waals surface area contributed by atoms with Crippen LogP contribution in [-0.2, 0) is 11.8 Å². The Balaban J connectivity index is 1.04. The first-order valence-corrected chi connectivity index (χ1v) is 21.5. The van der Waals surface area contributed by atoms with Crippen LogP contribution in [0.1, 0.15) is 54.5 Å². The summed E-state index contributed by atoms with van der Waals surface area (Å²) in [5.74, 6) is 0. The maximum atomic E-state index is 2.52. The van der Waals surface area contributed by atoms with Crippen molar-refractivity contribution in [2.75, 3.05) is 4.90 Å². The fourth-order valence-corrected chi connectivity index (χ4v) is 10.7. The molecule has 0 saturated heterocycles. The molecule has 60 heavy (non-hydrogen) atoms. The number of nitrogens with zero attached hydrogens (tertiary/aromatic N) is 1. The second-order valence-electron chi connectivity index (χ2n) is 17.7. The van der Waals surface area contributed by atoms with E-state index in [9.17, 15) is 0 Å². The second kappa shape index (κ2) is 13.3. The van der Waals surface area contributed by atoms with E-state index in [0.29, 0.717) is 0 Å². The molecule has 0 heterocycles. The van der Waals surface area contributed by atoms with Gasteiger partial charge in [0.1, 0.15) is 0 Å². The van der Waals surface area contributed by atoms with Crippen molar-refractivity contribution in [2.24, 2.45) is 0 Å². The van der Waals surface area contributed by atoms with Gasteiger partial charge in [-0.25, -0.2) is 0 Å². The minimum Gasteiger partial charge on any atom is -0.314 e. The first-order chi connectivity index (χ1) is 29.4. The van der Waals surface area contributed by atoms with Gasteiger partial charge < -0.3 is 4.90 Å². The molecule has 0 N–H and O–H groups in total. The Labute approximate surface area is 352 Å². The first-order valence-electron chi connectivity index (χ1n) is 21.5. The maximum Gasteiger partial charge on any atom is 0.0461 e. The van der Waals surface area contributed by atoms with E-state index in [-0.39, 0.29) is 5.41 Å². The quantitative estimate of drug-likeness (QED) is 0.158. The number of hydrogen-bond donors (Lipinski definition) is 0. The third kappa shape index (κ3) is 5.32. The van der Waals surface area contributed by atoms with E-state index in [0.717, 1.165) is 19.3 Å². The highest BCUT2D eigenvalue weighted by atomic mass is 15.1. The summed E-state index contributed by atoms with van der Waals surface area (Å²) in [6.45, 7) is 7.00. The van der Waals surface area contributed by atoms with Gasteiger partial charge in [0.25, 0.3) is 0 Å². The minimum absolute atomic E-state index is 0.199. The molecule has 0 atom stereocenters. The lowest BCUT2D eigenvalue weighted by atomic mass is 9.80. The second-order valence-corrected chi connectivity index (χ2v) is 17.7. The summed E-state index contributed by atoms with van der Waals surface area (Å²) in [4.78, 5) is 2.47. The van der Waals surface area contributed by atoms with E-state index in [4.69, 9.17) is 0 Å². The normalized spacial score (nSPS) is 14.6. The van der Waals surface area contributed by atoms with Crippen molar-refractivity contribution in [1.82, 2.24) is 0 Å². The van der Waals surface area contributed by atoms with E-state index < -0.39 is 0 Å². The maximum absolute atomic E-state index is 2.52. The van der Waals surface area contributed by atoms with Crippen molar-refractivity contribution in [3.63, 3.8) is 0 Å². The monoisotopic (exact) mass is 767 g/mol. The molecule has 9 aromatic rings. The van der Waals surface area contributed by atoms with Gasteiger partial charge in [-0.15, -0.1) is 0 Å². The van der Waals surface area contributed by atoms with Crippen molar-refractivity contribution in [3.8, 4) is 44.5 Å². The Morgan fingerprint density at radius 2 is 1.08 bits per heavy atom. The van der Waals surface area contributed by atoms with Crippen LogP contribution in [0.3, 0.4) is 0 Å². The third-order valence-electron chi connectivity index (χ3n) is 13.8. The molecule has 0 unspecified atom stereocenters. The summed E-state index contributed by atoms with van der Waals surface area (Å²) >= 11 is 0. The van der Waals surface area contributed by atoms with Gasteiger partial charge in [-0.3, -0.25) is 0 Å². The molecule has 0 aromatic heterocycles. The molecule has 0 aliphatic heterocycles. The fourth-order valence-electron chi connectivity index (χ4n) is 10.7. The van der Waals surface area contributed by atoms with E-state index in [2.05, 4.69) is 208 Å². The molecule has 3 aliphatic rings. The molecule has 1 heteroatoms. The topological polar surface area (TPSA) is 3.24 Å². The minimum atomic E-state index is -0.199. The van der Waals surface area contributed by atoms with Crippen LogP contribution in [0.4, 0.5) is 11.4 Å². The van der Waals surface area contributed by atoms with E-state index in [1.807, 2.05) is 0 Å². The van der Waals surface area contributed by atoms with Gasteiger partial charge in [0.15, 0.2) is 0 Å². The highest BCUT2D eigenvalue weighted by molar-refractivity contribution is 6.24. The van der Waals surface area contributed by atoms with Crippen LogP contribution in [-0.4, -0.2) is 0 Å². The molecule has 286 valence electrons. The van der Waals surface area contributed by atoms with E-state index >= 15 is 0 Å². The number of hydrogen-bond acceptors (Lipinski definition) is 1. The lowest BCUT2D eigenvalue weighted by molar-refractivity contribution is 0.660. The van der Waals surface area contributed by atoms with E-state index in [1.54, 1.807) is 0 Å². The van der Waals surface area contributed by atoms with Crippen molar-refractivity contribution in [1.29, 1.82) is 0 Å². The van der Waals surface area contributed by atoms with Crippen LogP contribution < -0.4 is 4.90 Å². The fraction of sp³-hybridized carbons (Fsp3) is 0.119. The van der Waals surface area contributed by atoms with Gasteiger partial charge >= 0.3 is 0 Å². The van der Waals surface area contributed by atoms with Gasteiger partial charge in [0.2, 0.25) is 0 Å². The van der Waals surface area contributed by atoms with Crippen molar-refractivity contribution in [3.05, 3.63) is 216 Å². The average molecular weight is 768 g/mol. The van der Waals surface area contributed by atoms with E-state index in [1.165, 1.54) is 122 Å². The van der Waals surface area contributed by atoms with Crippen molar-refractivity contribution in [2.45, 2.75) is 45.4 Å². The van der Waals surface area contributed by atoms with Crippen LogP contribution >= 0.6 is 0 Å². The van der Waals surface area contributed by atoms with Crippen molar-refractivity contribution >= 4 is 43.7 Å². The molecule has 0 fully saturated rings. The zero-order valence-electron chi connectivity index (χ0n) is 34.4. The molecular weight excluding hydrogens is 723 g/mol. The zero-order valence-corrected chi connectivity index (χ0v) is 34.4. The third-order valence-corrected chi connectivity index (χ3v) is 13.8. The van der Waals surface area contributed by atoms with Crippen LogP contribution in [0.15, 0.2) is 188 Å². The Bertz CT molecular complexity index is 3320. The predicted octanol–water partition coefficient (Wildman–Crippen LogP) is 16.0. The lowest BCUT2D eigenvalue weighted by Crippen LogP contribution is -2.19. The molecule has 0 bridgehead atoms. The summed E-state index contributed by atoms with van der Waals surface area (Å²) in [5, 5.41) is 7.69. The molecular formula is C59H45N. The number of fused-ring (bicyclic) bond motifs is 9. The van der Waals surface area contributed by atoms with Crippen LogP contribution in [0.5, 0.6) is 0 Å². The van der Waals surface area contributed by atoms with Crippen LogP contribution in [0.2, 0.25) is 0 Å². The molecule has 0 amide bonds. The van der Waals surface area contributed by atoms with Crippen molar-refractivity contribution < 1.29 is 0 Å². The largest absolute Gasteiger partial charge is 0.314 e. The molecule has 12 rings (SSSR count). The zero-order chi connectivity index (χ0) is 40.1.